The van der Waals surface area contributed by atoms with Crippen LogP contribution in [0.5, 0.6) is 17.2 Å². The summed E-state index contributed by atoms with van der Waals surface area (Å²) in [6.07, 6.45) is 0. The van der Waals surface area contributed by atoms with Crippen molar-refractivity contribution in [1.29, 1.82) is 0 Å². The van der Waals surface area contributed by atoms with Crippen molar-refractivity contribution >= 4 is 34.7 Å². The van der Waals surface area contributed by atoms with Gasteiger partial charge in [-0.1, -0.05) is 48.0 Å². The summed E-state index contributed by atoms with van der Waals surface area (Å²) >= 11 is 6.20. The Morgan fingerprint density at radius 1 is 0.971 bits per heavy atom. The Labute approximate surface area is 201 Å². The first-order chi connectivity index (χ1) is 16.3. The van der Waals surface area contributed by atoms with Crippen LogP contribution in [0.4, 0.5) is 5.69 Å². The van der Waals surface area contributed by atoms with E-state index in [1.807, 2.05) is 19.1 Å². The molecule has 1 heterocycles. The van der Waals surface area contributed by atoms with E-state index in [0.717, 1.165) is 5.56 Å². The number of hydrogen-bond donors (Lipinski definition) is 2. The van der Waals surface area contributed by atoms with Gasteiger partial charge in [0.2, 0.25) is 0 Å². The molecule has 0 spiro atoms. The van der Waals surface area contributed by atoms with Crippen LogP contribution in [0, 0.1) is 6.92 Å². The quantitative estimate of drug-likeness (QED) is 0.304. The van der Waals surface area contributed by atoms with Gasteiger partial charge in [-0.2, -0.15) is 0 Å². The molecule has 1 fully saturated rings. The van der Waals surface area contributed by atoms with Crippen molar-refractivity contribution < 1.29 is 29.3 Å². The molecule has 0 bridgehead atoms. The smallest absolute Gasteiger partial charge is 0.300 e. The van der Waals surface area contributed by atoms with E-state index < -0.39 is 23.5 Å². The summed E-state index contributed by atoms with van der Waals surface area (Å²) in [6, 6.07) is 15.3. The predicted molar refractivity (Wildman–Crippen MR) is 129 cm³/mol. The fourth-order valence-electron chi connectivity index (χ4n) is 4.13. The van der Waals surface area contributed by atoms with Crippen LogP contribution >= 0.6 is 11.6 Å². The number of Topliss-reactive ketones (excluding diaryl/α,β-unsaturated/α-hetero) is 1. The molecule has 34 heavy (non-hydrogen) atoms. The molecule has 1 aliphatic rings. The number of para-hydroxylation sites is 2. The first-order valence-electron chi connectivity index (χ1n) is 10.4. The van der Waals surface area contributed by atoms with Crippen LogP contribution in [-0.2, 0) is 9.59 Å². The number of rotatable bonds is 5. The number of aliphatic hydroxyl groups is 1. The second-order valence-electron chi connectivity index (χ2n) is 7.70. The molecular weight excluding hydrogens is 458 g/mol. The molecule has 3 aromatic rings. The van der Waals surface area contributed by atoms with E-state index >= 15 is 0 Å². The zero-order valence-electron chi connectivity index (χ0n) is 18.7. The average Bonchev–Trinajstić information content (AvgIpc) is 3.09. The average molecular weight is 480 g/mol. The molecule has 1 atom stereocenters. The van der Waals surface area contributed by atoms with Crippen molar-refractivity contribution in [2.24, 2.45) is 0 Å². The number of halogens is 1. The summed E-state index contributed by atoms with van der Waals surface area (Å²) in [7, 11) is 2.82. The van der Waals surface area contributed by atoms with Gasteiger partial charge in [0.05, 0.1) is 42.1 Å². The molecule has 7 nitrogen and oxygen atoms in total. The summed E-state index contributed by atoms with van der Waals surface area (Å²) < 4.78 is 10.6. The minimum atomic E-state index is -0.999. The second-order valence-corrected chi connectivity index (χ2v) is 8.11. The lowest BCUT2D eigenvalue weighted by molar-refractivity contribution is -0.132. The van der Waals surface area contributed by atoms with E-state index in [-0.39, 0.29) is 39.1 Å². The van der Waals surface area contributed by atoms with Crippen molar-refractivity contribution in [2.45, 2.75) is 13.0 Å². The lowest BCUT2D eigenvalue weighted by atomic mass is 9.92. The Hall–Kier alpha value is -3.97. The molecular formula is C26H22ClNO6. The van der Waals surface area contributed by atoms with Crippen molar-refractivity contribution in [3.05, 3.63) is 87.9 Å². The molecule has 0 aromatic heterocycles. The number of aromatic hydroxyl groups is 1. The minimum Gasteiger partial charge on any atom is -0.507 e. The third-order valence-corrected chi connectivity index (χ3v) is 6.09. The van der Waals surface area contributed by atoms with E-state index in [2.05, 4.69) is 0 Å². The topological polar surface area (TPSA) is 96.3 Å². The Kier molecular flexibility index (Phi) is 6.22. The molecule has 0 aliphatic carbocycles. The Balaban J connectivity index is 2.04. The van der Waals surface area contributed by atoms with Crippen molar-refractivity contribution in [1.82, 2.24) is 0 Å². The van der Waals surface area contributed by atoms with E-state index in [0.29, 0.717) is 5.56 Å². The molecule has 0 saturated carbocycles. The number of ketones is 1. The number of phenolic OH excluding ortho intramolecular Hbond substituents is 1. The SMILES string of the molecule is COc1cc(/C(O)=C2\C(=O)C(=O)N(c3ccccc3O)C2c2ccccc2C)c(OC)cc1Cl. The number of aliphatic hydroxyl groups excluding tert-OH is 1. The maximum absolute atomic E-state index is 13.3. The van der Waals surface area contributed by atoms with E-state index in [1.165, 1.54) is 43.4 Å². The van der Waals surface area contributed by atoms with Gasteiger partial charge in [-0.15, -0.1) is 0 Å². The zero-order valence-corrected chi connectivity index (χ0v) is 19.5. The Morgan fingerprint density at radius 2 is 1.62 bits per heavy atom. The normalized spacial score (nSPS) is 17.2. The van der Waals surface area contributed by atoms with Crippen LogP contribution in [0.15, 0.2) is 66.2 Å². The van der Waals surface area contributed by atoms with Crippen LogP contribution in [-0.4, -0.2) is 36.1 Å². The Bertz CT molecular complexity index is 1330. The maximum atomic E-state index is 13.3. The highest BCUT2D eigenvalue weighted by atomic mass is 35.5. The largest absolute Gasteiger partial charge is 0.507 e. The minimum absolute atomic E-state index is 0.137. The van der Waals surface area contributed by atoms with Crippen LogP contribution in [0.25, 0.3) is 5.76 Å². The number of nitrogens with zero attached hydrogens (tertiary/aromatic N) is 1. The zero-order chi connectivity index (χ0) is 24.6. The van der Waals surface area contributed by atoms with Crippen molar-refractivity contribution in [3.8, 4) is 17.2 Å². The molecule has 4 rings (SSSR count). The summed E-state index contributed by atoms with van der Waals surface area (Å²) in [6.45, 7) is 1.84. The highest BCUT2D eigenvalue weighted by Crippen LogP contribution is 2.47. The highest BCUT2D eigenvalue weighted by Gasteiger charge is 2.48. The van der Waals surface area contributed by atoms with E-state index in [1.54, 1.807) is 24.3 Å². The summed E-state index contributed by atoms with van der Waals surface area (Å²) in [5.74, 6) is -1.95. The number of aryl methyl sites for hydroxylation is 1. The Morgan fingerprint density at radius 3 is 2.26 bits per heavy atom. The van der Waals surface area contributed by atoms with Gasteiger partial charge < -0.3 is 19.7 Å². The van der Waals surface area contributed by atoms with Crippen molar-refractivity contribution in [2.75, 3.05) is 19.1 Å². The number of ether oxygens (including phenoxy) is 2. The first kappa shape index (κ1) is 23.2. The summed E-state index contributed by atoms with van der Waals surface area (Å²) in [5.41, 5.74) is 1.55. The number of benzene rings is 3. The maximum Gasteiger partial charge on any atom is 0.300 e. The predicted octanol–water partition coefficient (Wildman–Crippen LogP) is 5.00. The highest BCUT2D eigenvalue weighted by molar-refractivity contribution is 6.52. The van der Waals surface area contributed by atoms with Gasteiger partial charge in [0.1, 0.15) is 23.0 Å². The van der Waals surface area contributed by atoms with Gasteiger partial charge in [-0.3, -0.25) is 14.5 Å². The van der Waals surface area contributed by atoms with Crippen LogP contribution in [0.1, 0.15) is 22.7 Å². The molecule has 8 heteroatoms. The number of methoxy groups -OCH3 is 2. The monoisotopic (exact) mass is 479 g/mol. The fraction of sp³-hybridized carbons (Fsp3) is 0.154. The van der Waals surface area contributed by atoms with E-state index in [4.69, 9.17) is 21.1 Å². The number of anilines is 1. The third kappa shape index (κ3) is 3.74. The molecule has 0 radical (unpaired) electrons. The lowest BCUT2D eigenvalue weighted by Gasteiger charge is -2.27. The van der Waals surface area contributed by atoms with Crippen molar-refractivity contribution in [3.63, 3.8) is 0 Å². The number of amides is 1. The molecule has 1 unspecified atom stereocenters. The summed E-state index contributed by atoms with van der Waals surface area (Å²) in [5, 5.41) is 22.2. The molecule has 2 N–H and O–H groups in total. The van der Waals surface area contributed by atoms with Crippen LogP contribution < -0.4 is 14.4 Å². The number of hydrogen-bond acceptors (Lipinski definition) is 6. The van der Waals surface area contributed by atoms with Gasteiger partial charge in [0.15, 0.2) is 0 Å². The number of carbonyl (C=O) groups is 2. The molecule has 3 aromatic carbocycles. The van der Waals surface area contributed by atoms with Crippen LogP contribution in [0.3, 0.4) is 0 Å². The number of carbonyl (C=O) groups excluding carboxylic acids is 2. The van der Waals surface area contributed by atoms with Gasteiger partial charge in [-0.05, 0) is 36.2 Å². The molecule has 174 valence electrons. The third-order valence-electron chi connectivity index (χ3n) is 5.80. The summed E-state index contributed by atoms with van der Waals surface area (Å²) in [4.78, 5) is 27.8. The van der Waals surface area contributed by atoms with Gasteiger partial charge in [0.25, 0.3) is 11.7 Å². The fourth-order valence-corrected chi connectivity index (χ4v) is 4.36. The van der Waals surface area contributed by atoms with Gasteiger partial charge >= 0.3 is 0 Å². The molecule has 1 saturated heterocycles. The van der Waals surface area contributed by atoms with Crippen LogP contribution in [0.2, 0.25) is 5.02 Å². The first-order valence-corrected chi connectivity index (χ1v) is 10.7. The van der Waals surface area contributed by atoms with Gasteiger partial charge in [0, 0.05) is 6.07 Å². The molecule has 1 amide bonds. The van der Waals surface area contributed by atoms with E-state index in [9.17, 15) is 19.8 Å². The molecule has 1 aliphatic heterocycles. The lowest BCUT2D eigenvalue weighted by Crippen LogP contribution is -2.29. The second kappa shape index (κ2) is 9.11. The van der Waals surface area contributed by atoms with Gasteiger partial charge in [-0.25, -0.2) is 0 Å². The standard InChI is InChI=1S/C26H22ClNO6/c1-14-8-4-5-9-15(14)23-22(24(30)16-12-21(34-3)17(27)13-20(16)33-2)25(31)26(32)28(23)18-10-6-7-11-19(18)29/h4-13,23,29-30H,1-3H3/b24-22+. The number of phenols is 1.